The van der Waals surface area contributed by atoms with Crippen molar-refractivity contribution < 1.29 is 18.4 Å². The lowest BCUT2D eigenvalue weighted by molar-refractivity contribution is -0.127. The van der Waals surface area contributed by atoms with Crippen LogP contribution in [0.15, 0.2) is 53.1 Å². The first-order chi connectivity index (χ1) is 16.5. The smallest absolute Gasteiger partial charge is 0.277 e. The van der Waals surface area contributed by atoms with E-state index in [1.807, 2.05) is 0 Å². The van der Waals surface area contributed by atoms with Crippen molar-refractivity contribution in [2.24, 2.45) is 0 Å². The summed E-state index contributed by atoms with van der Waals surface area (Å²) in [5.74, 6) is -0.447. The molecule has 0 saturated heterocycles. The van der Waals surface area contributed by atoms with Gasteiger partial charge in [-0.1, -0.05) is 32.1 Å². The number of carbonyl (C=O) groups is 2. The Labute approximate surface area is 197 Å². The van der Waals surface area contributed by atoms with Crippen LogP contribution in [-0.4, -0.2) is 33.2 Å². The minimum atomic E-state index is -1.24. The lowest BCUT2D eigenvalue weighted by atomic mass is 9.91. The molecule has 1 N–H and O–H groups in total. The average Bonchev–Trinajstić information content (AvgIpc) is 3.47. The fraction of sp³-hybridized carbons (Fsp3) is 0.423. The number of nitrogens with zero attached hydrogens (tertiary/aromatic N) is 3. The van der Waals surface area contributed by atoms with E-state index in [4.69, 9.17) is 4.42 Å². The maximum atomic E-state index is 13.8. The van der Waals surface area contributed by atoms with E-state index in [1.165, 1.54) is 48.4 Å². The first-order valence-corrected chi connectivity index (χ1v) is 12.0. The minimum absolute atomic E-state index is 0.0764. The summed E-state index contributed by atoms with van der Waals surface area (Å²) in [7, 11) is 0. The van der Waals surface area contributed by atoms with Gasteiger partial charge in [0.1, 0.15) is 22.7 Å². The van der Waals surface area contributed by atoms with E-state index in [0.29, 0.717) is 22.8 Å². The number of aromatic nitrogens is 2. The molecule has 7 nitrogen and oxygen atoms in total. The third-order valence-corrected chi connectivity index (χ3v) is 6.94. The van der Waals surface area contributed by atoms with Crippen LogP contribution in [0.1, 0.15) is 62.4 Å². The highest BCUT2D eigenvalue weighted by Gasteiger charge is 2.49. The number of hydrogen-bond acceptors (Lipinski definition) is 4. The molecule has 2 amide bonds. The predicted octanol–water partition coefficient (Wildman–Crippen LogP) is 4.93. The zero-order chi connectivity index (χ0) is 23.7. The molecule has 2 aromatic heterocycles. The Morgan fingerprint density at radius 3 is 2.50 bits per heavy atom. The molecule has 1 aliphatic heterocycles. The standard InChI is InChI=1S/C26H29FN4O3/c1-26(25(33)28-19-8-5-3-2-4-6-9-19)17-30-22(16-21(29-30)23-10-7-15-34-23)24(32)31(26)20-13-11-18(27)12-14-20/h7,10-16,19H,2-6,8-9,17H2,1H3,(H,28,33)/t26-/m0/s1. The molecule has 3 heterocycles. The van der Waals surface area contributed by atoms with Gasteiger partial charge in [-0.2, -0.15) is 5.10 Å². The molecule has 1 aromatic carbocycles. The van der Waals surface area contributed by atoms with E-state index < -0.39 is 11.4 Å². The summed E-state index contributed by atoms with van der Waals surface area (Å²) in [6.07, 6.45) is 9.17. The lowest BCUT2D eigenvalue weighted by Crippen LogP contribution is -2.65. The molecule has 0 spiro atoms. The van der Waals surface area contributed by atoms with E-state index >= 15 is 0 Å². The molecule has 3 aromatic rings. The number of furan rings is 1. The molecule has 1 aliphatic carbocycles. The number of fused-ring (bicyclic) bond motifs is 1. The summed E-state index contributed by atoms with van der Waals surface area (Å²) in [6.45, 7) is 1.93. The topological polar surface area (TPSA) is 80.4 Å². The first kappa shape index (κ1) is 22.4. The second-order valence-corrected chi connectivity index (χ2v) is 9.46. The lowest BCUT2D eigenvalue weighted by Gasteiger charge is -2.43. The van der Waals surface area contributed by atoms with Gasteiger partial charge >= 0.3 is 0 Å². The normalized spacial score (nSPS) is 21.6. The summed E-state index contributed by atoms with van der Waals surface area (Å²) in [4.78, 5) is 29.0. The Morgan fingerprint density at radius 2 is 1.82 bits per heavy atom. The van der Waals surface area contributed by atoms with Gasteiger partial charge in [-0.3, -0.25) is 19.2 Å². The zero-order valence-electron chi connectivity index (χ0n) is 19.3. The molecule has 0 bridgehead atoms. The number of halogens is 1. The second kappa shape index (κ2) is 9.08. The maximum Gasteiger partial charge on any atom is 0.277 e. The number of nitrogens with one attached hydrogen (secondary N) is 1. The fourth-order valence-electron chi connectivity index (χ4n) is 5.06. The number of anilines is 1. The van der Waals surface area contributed by atoms with Crippen molar-refractivity contribution in [3.63, 3.8) is 0 Å². The highest BCUT2D eigenvalue weighted by molar-refractivity contribution is 6.12. The molecule has 1 atom stereocenters. The zero-order valence-corrected chi connectivity index (χ0v) is 19.3. The molecule has 0 unspecified atom stereocenters. The molecule has 1 fully saturated rings. The number of amides is 2. The molecule has 0 radical (unpaired) electrons. The first-order valence-electron chi connectivity index (χ1n) is 12.0. The van der Waals surface area contributed by atoms with Crippen molar-refractivity contribution in [3.05, 3.63) is 60.2 Å². The third kappa shape index (κ3) is 4.13. The quantitative estimate of drug-likeness (QED) is 0.594. The number of hydrogen-bond donors (Lipinski definition) is 1. The van der Waals surface area contributed by atoms with Crippen molar-refractivity contribution >= 4 is 17.5 Å². The van der Waals surface area contributed by atoms with E-state index in [-0.39, 0.29) is 24.4 Å². The summed E-state index contributed by atoms with van der Waals surface area (Å²) in [6, 6.07) is 11.0. The van der Waals surface area contributed by atoms with Crippen LogP contribution in [0, 0.1) is 5.82 Å². The van der Waals surface area contributed by atoms with Crippen molar-refractivity contribution in [2.45, 2.75) is 70.0 Å². The maximum absolute atomic E-state index is 13.8. The van der Waals surface area contributed by atoms with Gasteiger partial charge in [0.05, 0.1) is 12.8 Å². The van der Waals surface area contributed by atoms with Gasteiger partial charge in [-0.15, -0.1) is 0 Å². The molecule has 1 saturated carbocycles. The molecule has 5 rings (SSSR count). The molecule has 2 aliphatic rings. The second-order valence-electron chi connectivity index (χ2n) is 9.46. The van der Waals surface area contributed by atoms with E-state index in [1.54, 1.807) is 36.1 Å². The summed E-state index contributed by atoms with van der Waals surface area (Å²) < 4.78 is 20.7. The summed E-state index contributed by atoms with van der Waals surface area (Å²) >= 11 is 0. The van der Waals surface area contributed by atoms with E-state index in [0.717, 1.165) is 25.7 Å². The van der Waals surface area contributed by atoms with Crippen LogP contribution in [0.5, 0.6) is 0 Å². The van der Waals surface area contributed by atoms with E-state index in [2.05, 4.69) is 10.4 Å². The van der Waals surface area contributed by atoms with Crippen LogP contribution in [0.3, 0.4) is 0 Å². The highest BCUT2D eigenvalue weighted by Crippen LogP contribution is 2.34. The fourth-order valence-corrected chi connectivity index (χ4v) is 5.06. The Balaban J connectivity index is 1.52. The van der Waals surface area contributed by atoms with Crippen LogP contribution in [-0.2, 0) is 11.3 Å². The van der Waals surface area contributed by atoms with Crippen LogP contribution in [0.4, 0.5) is 10.1 Å². The largest absolute Gasteiger partial charge is 0.463 e. The Bertz CT molecular complexity index is 1160. The van der Waals surface area contributed by atoms with Crippen LogP contribution < -0.4 is 10.2 Å². The van der Waals surface area contributed by atoms with Crippen LogP contribution >= 0.6 is 0 Å². The van der Waals surface area contributed by atoms with Gasteiger partial charge in [0.15, 0.2) is 5.76 Å². The number of rotatable bonds is 4. The van der Waals surface area contributed by atoms with Gasteiger partial charge < -0.3 is 9.73 Å². The van der Waals surface area contributed by atoms with Crippen molar-refractivity contribution in [1.29, 1.82) is 0 Å². The monoisotopic (exact) mass is 464 g/mol. The van der Waals surface area contributed by atoms with Gasteiger partial charge in [0.2, 0.25) is 5.91 Å². The number of carbonyl (C=O) groups excluding carboxylic acids is 2. The van der Waals surface area contributed by atoms with E-state index in [9.17, 15) is 14.0 Å². The predicted molar refractivity (Wildman–Crippen MR) is 126 cm³/mol. The van der Waals surface area contributed by atoms with Crippen molar-refractivity contribution in [2.75, 3.05) is 4.90 Å². The molecular weight excluding hydrogens is 435 g/mol. The van der Waals surface area contributed by atoms with Crippen molar-refractivity contribution in [1.82, 2.24) is 15.1 Å². The summed E-state index contributed by atoms with van der Waals surface area (Å²) in [5.41, 5.74) is 0.106. The molecule has 178 valence electrons. The Hall–Kier alpha value is -3.42. The third-order valence-electron chi connectivity index (χ3n) is 6.94. The van der Waals surface area contributed by atoms with Gasteiger partial charge in [-0.05, 0) is 56.2 Å². The van der Waals surface area contributed by atoms with Gasteiger partial charge in [-0.25, -0.2) is 4.39 Å². The molecule has 8 heteroatoms. The SMILES string of the molecule is C[C@@]1(C(=O)NC2CCCCCCC2)Cn2nc(-c3ccco3)cc2C(=O)N1c1ccc(F)cc1. The van der Waals surface area contributed by atoms with Crippen LogP contribution in [0.25, 0.3) is 11.5 Å². The minimum Gasteiger partial charge on any atom is -0.463 e. The average molecular weight is 465 g/mol. The van der Waals surface area contributed by atoms with Crippen molar-refractivity contribution in [3.8, 4) is 11.5 Å². The van der Waals surface area contributed by atoms with Gasteiger partial charge in [0.25, 0.3) is 5.91 Å². The van der Waals surface area contributed by atoms with Crippen LogP contribution in [0.2, 0.25) is 0 Å². The van der Waals surface area contributed by atoms with Gasteiger partial charge in [0, 0.05) is 17.8 Å². The Kier molecular flexibility index (Phi) is 5.98. The molecule has 34 heavy (non-hydrogen) atoms. The Morgan fingerprint density at radius 1 is 1.12 bits per heavy atom. The summed E-state index contributed by atoms with van der Waals surface area (Å²) in [5, 5.41) is 7.80. The number of benzene rings is 1. The molecular formula is C26H29FN4O3. The highest BCUT2D eigenvalue weighted by atomic mass is 19.1.